The summed E-state index contributed by atoms with van der Waals surface area (Å²) in [7, 11) is 0. The molecule has 0 radical (unpaired) electrons. The van der Waals surface area contributed by atoms with Crippen LogP contribution in [0.4, 0.5) is 0 Å². The lowest BCUT2D eigenvalue weighted by Gasteiger charge is -2.06. The SMILES string of the molecule is O=C(On1nnc2ccccc21)c1cccc(C(=O)On2nnc3ccccc32)c1. The predicted molar refractivity (Wildman–Crippen MR) is 103 cm³/mol. The molecule has 5 rings (SSSR count). The van der Waals surface area contributed by atoms with Crippen LogP contribution in [0.1, 0.15) is 20.7 Å². The molecule has 0 saturated heterocycles. The molecule has 0 aliphatic rings. The standard InChI is InChI=1S/C20H12N6O4/c27-19(29-25-17-10-3-1-8-15(17)21-23-25)13-6-5-7-14(12-13)20(28)30-26-18-11-4-2-9-16(18)22-24-26/h1-12H. The van der Waals surface area contributed by atoms with E-state index in [4.69, 9.17) is 9.68 Å². The third-order valence-electron chi connectivity index (χ3n) is 4.32. The third-order valence-corrected chi connectivity index (χ3v) is 4.32. The highest BCUT2D eigenvalue weighted by Gasteiger charge is 2.17. The quantitative estimate of drug-likeness (QED) is 0.419. The molecule has 0 unspecified atom stereocenters. The summed E-state index contributed by atoms with van der Waals surface area (Å²) >= 11 is 0. The molecule has 0 fully saturated rings. The molecule has 0 N–H and O–H groups in total. The Bertz CT molecular complexity index is 1300. The highest BCUT2D eigenvalue weighted by Crippen LogP contribution is 2.12. The Kier molecular flexibility index (Phi) is 4.14. The summed E-state index contributed by atoms with van der Waals surface area (Å²) in [6.07, 6.45) is 0. The van der Waals surface area contributed by atoms with Gasteiger partial charge in [0.15, 0.2) is 0 Å². The molecular formula is C20H12N6O4. The fraction of sp³-hybridized carbons (Fsp3) is 0. The average molecular weight is 400 g/mol. The van der Waals surface area contributed by atoms with Crippen LogP contribution in [0, 0.1) is 0 Å². The molecule has 0 amide bonds. The van der Waals surface area contributed by atoms with Gasteiger partial charge in [-0.25, -0.2) is 9.59 Å². The van der Waals surface area contributed by atoms with E-state index in [9.17, 15) is 9.59 Å². The van der Waals surface area contributed by atoms with Crippen molar-refractivity contribution in [2.45, 2.75) is 0 Å². The first-order valence-electron chi connectivity index (χ1n) is 8.85. The molecule has 0 aliphatic carbocycles. The number of hydrogen-bond donors (Lipinski definition) is 0. The first-order valence-corrected chi connectivity index (χ1v) is 8.85. The second-order valence-electron chi connectivity index (χ2n) is 6.24. The van der Waals surface area contributed by atoms with Crippen LogP contribution < -0.4 is 9.68 Å². The second-order valence-corrected chi connectivity index (χ2v) is 6.24. The van der Waals surface area contributed by atoms with Crippen molar-refractivity contribution in [3.05, 3.63) is 83.9 Å². The van der Waals surface area contributed by atoms with Gasteiger partial charge in [-0.05, 0) is 52.9 Å². The number of rotatable bonds is 4. The molecule has 30 heavy (non-hydrogen) atoms. The Hall–Kier alpha value is -4.60. The second kappa shape index (κ2) is 7.09. The van der Waals surface area contributed by atoms with E-state index in [2.05, 4.69) is 20.6 Å². The molecule has 10 nitrogen and oxygen atoms in total. The van der Waals surface area contributed by atoms with E-state index in [0.717, 1.165) is 9.69 Å². The average Bonchev–Trinajstić information content (AvgIpc) is 3.38. The van der Waals surface area contributed by atoms with Crippen molar-refractivity contribution in [3.63, 3.8) is 0 Å². The molecule has 146 valence electrons. The van der Waals surface area contributed by atoms with Gasteiger partial charge in [-0.1, -0.05) is 40.0 Å². The van der Waals surface area contributed by atoms with Crippen molar-refractivity contribution in [3.8, 4) is 0 Å². The van der Waals surface area contributed by atoms with Crippen LogP contribution in [0.2, 0.25) is 0 Å². The maximum Gasteiger partial charge on any atom is 0.365 e. The molecule has 2 aromatic heterocycles. The van der Waals surface area contributed by atoms with Gasteiger partial charge in [0.05, 0.1) is 11.1 Å². The summed E-state index contributed by atoms with van der Waals surface area (Å²) in [6.45, 7) is 0. The smallest absolute Gasteiger partial charge is 0.312 e. The molecule has 10 heteroatoms. The van der Waals surface area contributed by atoms with E-state index < -0.39 is 11.9 Å². The van der Waals surface area contributed by atoms with Crippen LogP contribution in [0.3, 0.4) is 0 Å². The van der Waals surface area contributed by atoms with Crippen molar-refractivity contribution >= 4 is 34.0 Å². The van der Waals surface area contributed by atoms with Gasteiger partial charge in [-0.3, -0.25) is 0 Å². The highest BCUT2D eigenvalue weighted by molar-refractivity contribution is 5.95. The van der Waals surface area contributed by atoms with Crippen molar-refractivity contribution in [2.75, 3.05) is 0 Å². The van der Waals surface area contributed by atoms with Gasteiger partial charge in [0, 0.05) is 0 Å². The Balaban J connectivity index is 1.37. The van der Waals surface area contributed by atoms with E-state index in [1.807, 2.05) is 0 Å². The summed E-state index contributed by atoms with van der Waals surface area (Å²) < 4.78 is 0. The predicted octanol–water partition coefficient (Wildman–Crippen LogP) is 1.71. The lowest BCUT2D eigenvalue weighted by atomic mass is 10.1. The Morgan fingerprint density at radius 2 is 1.10 bits per heavy atom. The van der Waals surface area contributed by atoms with Crippen molar-refractivity contribution in [1.82, 2.24) is 30.3 Å². The van der Waals surface area contributed by atoms with Crippen molar-refractivity contribution < 1.29 is 19.3 Å². The lowest BCUT2D eigenvalue weighted by molar-refractivity contribution is 0.0406. The summed E-state index contributed by atoms with van der Waals surface area (Å²) in [4.78, 5) is 37.7. The van der Waals surface area contributed by atoms with Gasteiger partial charge in [-0.15, -0.1) is 10.2 Å². The van der Waals surface area contributed by atoms with Crippen LogP contribution in [-0.4, -0.2) is 42.3 Å². The van der Waals surface area contributed by atoms with Crippen LogP contribution in [-0.2, 0) is 0 Å². The fourth-order valence-corrected chi connectivity index (χ4v) is 2.87. The first-order chi connectivity index (χ1) is 14.7. The van der Waals surface area contributed by atoms with Crippen molar-refractivity contribution in [1.29, 1.82) is 0 Å². The van der Waals surface area contributed by atoms with Crippen LogP contribution in [0.25, 0.3) is 22.1 Å². The lowest BCUT2D eigenvalue weighted by Crippen LogP contribution is -2.23. The molecular weight excluding hydrogens is 388 g/mol. The Labute approximate surface area is 168 Å². The summed E-state index contributed by atoms with van der Waals surface area (Å²) in [5, 5.41) is 15.5. The first kappa shape index (κ1) is 17.5. The maximum absolute atomic E-state index is 12.5. The third kappa shape index (κ3) is 3.11. The number of nitrogens with zero attached hydrogens (tertiary/aromatic N) is 6. The maximum atomic E-state index is 12.5. The summed E-state index contributed by atoms with van der Waals surface area (Å²) in [5.41, 5.74) is 2.55. The van der Waals surface area contributed by atoms with E-state index >= 15 is 0 Å². The molecule has 5 aromatic rings. The molecule has 2 heterocycles. The van der Waals surface area contributed by atoms with Gasteiger partial charge in [-0.2, -0.15) is 0 Å². The highest BCUT2D eigenvalue weighted by atomic mass is 16.7. The largest absolute Gasteiger partial charge is 0.365 e. The number of carbonyl (C=O) groups is 2. The number of carbonyl (C=O) groups excluding carboxylic acids is 2. The molecule has 0 aliphatic heterocycles. The van der Waals surface area contributed by atoms with Gasteiger partial charge in [0.1, 0.15) is 22.1 Å². The van der Waals surface area contributed by atoms with E-state index in [-0.39, 0.29) is 11.1 Å². The monoisotopic (exact) mass is 400 g/mol. The van der Waals surface area contributed by atoms with E-state index in [1.54, 1.807) is 54.6 Å². The number of aromatic nitrogens is 6. The van der Waals surface area contributed by atoms with Crippen LogP contribution >= 0.6 is 0 Å². The van der Waals surface area contributed by atoms with Gasteiger partial charge in [0.25, 0.3) is 0 Å². The minimum atomic E-state index is -0.702. The number of hydrogen-bond acceptors (Lipinski definition) is 8. The number of para-hydroxylation sites is 2. The molecule has 0 atom stereocenters. The fourth-order valence-electron chi connectivity index (χ4n) is 2.87. The molecule has 0 spiro atoms. The zero-order valence-corrected chi connectivity index (χ0v) is 15.2. The van der Waals surface area contributed by atoms with Crippen molar-refractivity contribution in [2.24, 2.45) is 0 Å². The minimum Gasteiger partial charge on any atom is -0.312 e. The van der Waals surface area contributed by atoms with Gasteiger partial charge < -0.3 is 9.68 Å². The zero-order chi connectivity index (χ0) is 20.5. The molecule has 0 saturated carbocycles. The van der Waals surface area contributed by atoms with E-state index in [1.165, 1.54) is 18.2 Å². The topological polar surface area (TPSA) is 114 Å². The minimum absolute atomic E-state index is 0.146. The molecule has 3 aromatic carbocycles. The zero-order valence-electron chi connectivity index (χ0n) is 15.2. The normalized spacial score (nSPS) is 10.9. The summed E-state index contributed by atoms with van der Waals surface area (Å²) in [5.74, 6) is -1.40. The van der Waals surface area contributed by atoms with Crippen LogP contribution in [0.5, 0.6) is 0 Å². The Morgan fingerprint density at radius 3 is 1.60 bits per heavy atom. The van der Waals surface area contributed by atoms with Crippen LogP contribution in [0.15, 0.2) is 72.8 Å². The van der Waals surface area contributed by atoms with Gasteiger partial charge >= 0.3 is 11.9 Å². The summed E-state index contributed by atoms with van der Waals surface area (Å²) in [6, 6.07) is 20.0. The number of fused-ring (bicyclic) bond motifs is 2. The van der Waals surface area contributed by atoms with E-state index in [0.29, 0.717) is 22.1 Å². The molecule has 0 bridgehead atoms. The number of benzene rings is 3. The van der Waals surface area contributed by atoms with Gasteiger partial charge in [0.2, 0.25) is 0 Å². The Morgan fingerprint density at radius 1 is 0.633 bits per heavy atom.